The normalized spacial score (nSPS) is 9.55. The van der Waals surface area contributed by atoms with Crippen LogP contribution in [0.2, 0.25) is 0 Å². The van der Waals surface area contributed by atoms with Gasteiger partial charge in [-0.05, 0) is 29.3 Å². The van der Waals surface area contributed by atoms with Gasteiger partial charge in [-0.25, -0.2) is 0 Å². The standard InChI is InChI=1S/C8H9NO2/c10-6-5-7-1-3-8(9-11)4-2-7/h1-4,10H,5-6H2. The van der Waals surface area contributed by atoms with E-state index in [-0.39, 0.29) is 6.61 Å². The molecule has 0 aliphatic rings. The van der Waals surface area contributed by atoms with Crippen LogP contribution in [0.3, 0.4) is 0 Å². The number of hydrogen-bond donors (Lipinski definition) is 1. The minimum absolute atomic E-state index is 0.133. The minimum atomic E-state index is 0.133. The van der Waals surface area contributed by atoms with E-state index in [1.807, 2.05) is 0 Å². The Kier molecular flexibility index (Phi) is 2.74. The molecule has 11 heavy (non-hydrogen) atoms. The van der Waals surface area contributed by atoms with Gasteiger partial charge >= 0.3 is 0 Å². The summed E-state index contributed by atoms with van der Waals surface area (Å²) in [5, 5.41) is 11.3. The number of rotatable bonds is 3. The van der Waals surface area contributed by atoms with Crippen LogP contribution < -0.4 is 0 Å². The molecule has 0 saturated heterocycles. The lowest BCUT2D eigenvalue weighted by Crippen LogP contribution is -1.88. The molecule has 0 atom stereocenters. The Morgan fingerprint density at radius 2 is 1.91 bits per heavy atom. The van der Waals surface area contributed by atoms with Gasteiger partial charge in [0, 0.05) is 6.61 Å². The van der Waals surface area contributed by atoms with Crippen LogP contribution in [0.1, 0.15) is 5.56 Å². The van der Waals surface area contributed by atoms with Crippen LogP contribution in [-0.2, 0) is 6.42 Å². The third-order valence-electron chi connectivity index (χ3n) is 1.44. The van der Waals surface area contributed by atoms with Crippen molar-refractivity contribution in [2.75, 3.05) is 6.61 Å². The number of aliphatic hydroxyl groups excluding tert-OH is 1. The second-order valence-electron chi connectivity index (χ2n) is 2.23. The van der Waals surface area contributed by atoms with Crippen molar-refractivity contribution in [3.63, 3.8) is 0 Å². The van der Waals surface area contributed by atoms with Crippen LogP contribution in [-0.4, -0.2) is 11.7 Å². The van der Waals surface area contributed by atoms with Gasteiger partial charge in [-0.3, -0.25) is 0 Å². The predicted octanol–water partition coefficient (Wildman–Crippen LogP) is 1.62. The highest BCUT2D eigenvalue weighted by Gasteiger charge is 1.92. The van der Waals surface area contributed by atoms with Gasteiger partial charge in [-0.15, -0.1) is 4.91 Å². The molecule has 0 amide bonds. The summed E-state index contributed by atoms with van der Waals surface area (Å²) in [6, 6.07) is 6.84. The average molecular weight is 151 g/mol. The summed E-state index contributed by atoms with van der Waals surface area (Å²) >= 11 is 0. The molecular formula is C8H9NO2. The van der Waals surface area contributed by atoms with Gasteiger partial charge in [0.15, 0.2) is 0 Å². The maximum Gasteiger partial charge on any atom is 0.108 e. The Morgan fingerprint density at radius 1 is 1.27 bits per heavy atom. The van der Waals surface area contributed by atoms with Gasteiger partial charge in [0.1, 0.15) is 5.69 Å². The van der Waals surface area contributed by atoms with E-state index in [2.05, 4.69) is 5.18 Å². The molecule has 0 radical (unpaired) electrons. The Bertz CT molecular complexity index is 230. The Morgan fingerprint density at radius 3 is 2.36 bits per heavy atom. The highest BCUT2D eigenvalue weighted by Crippen LogP contribution is 2.11. The maximum absolute atomic E-state index is 9.98. The lowest BCUT2D eigenvalue weighted by molar-refractivity contribution is 0.299. The van der Waals surface area contributed by atoms with Crippen LogP contribution in [0.5, 0.6) is 0 Å². The van der Waals surface area contributed by atoms with Crippen molar-refractivity contribution in [1.29, 1.82) is 0 Å². The van der Waals surface area contributed by atoms with E-state index in [0.29, 0.717) is 12.1 Å². The van der Waals surface area contributed by atoms with E-state index in [0.717, 1.165) is 5.56 Å². The van der Waals surface area contributed by atoms with Gasteiger partial charge in [0.05, 0.1) is 0 Å². The van der Waals surface area contributed by atoms with E-state index in [1.54, 1.807) is 24.3 Å². The quantitative estimate of drug-likeness (QED) is 0.667. The second kappa shape index (κ2) is 3.83. The molecule has 0 bridgehead atoms. The molecule has 1 aromatic rings. The van der Waals surface area contributed by atoms with Crippen LogP contribution in [0, 0.1) is 4.91 Å². The van der Waals surface area contributed by atoms with Crippen molar-refractivity contribution in [2.24, 2.45) is 5.18 Å². The third-order valence-corrected chi connectivity index (χ3v) is 1.44. The fourth-order valence-corrected chi connectivity index (χ4v) is 0.853. The Balaban J connectivity index is 2.74. The largest absolute Gasteiger partial charge is 0.396 e. The van der Waals surface area contributed by atoms with Gasteiger partial charge < -0.3 is 5.11 Å². The van der Waals surface area contributed by atoms with E-state index in [4.69, 9.17) is 5.11 Å². The smallest absolute Gasteiger partial charge is 0.108 e. The molecule has 1 rings (SSSR count). The topological polar surface area (TPSA) is 49.7 Å². The Labute approximate surface area is 64.7 Å². The number of aliphatic hydroxyl groups is 1. The van der Waals surface area contributed by atoms with Crippen molar-refractivity contribution in [1.82, 2.24) is 0 Å². The zero-order valence-corrected chi connectivity index (χ0v) is 6.03. The molecule has 0 spiro atoms. The summed E-state index contributed by atoms with van der Waals surface area (Å²) in [6.45, 7) is 0.133. The van der Waals surface area contributed by atoms with Gasteiger partial charge in [0.2, 0.25) is 0 Å². The molecule has 0 fully saturated rings. The first kappa shape index (κ1) is 7.88. The van der Waals surface area contributed by atoms with Crippen molar-refractivity contribution in [2.45, 2.75) is 6.42 Å². The monoisotopic (exact) mass is 151 g/mol. The number of benzene rings is 1. The van der Waals surface area contributed by atoms with Crippen LogP contribution in [0.4, 0.5) is 5.69 Å². The van der Waals surface area contributed by atoms with Crippen LogP contribution in [0.15, 0.2) is 29.4 Å². The van der Waals surface area contributed by atoms with Gasteiger partial charge in [0.25, 0.3) is 0 Å². The van der Waals surface area contributed by atoms with Gasteiger partial charge in [-0.2, -0.15) is 0 Å². The molecule has 1 aromatic carbocycles. The Hall–Kier alpha value is -1.22. The first-order valence-electron chi connectivity index (χ1n) is 3.40. The van der Waals surface area contributed by atoms with Crippen LogP contribution >= 0.6 is 0 Å². The molecule has 3 nitrogen and oxygen atoms in total. The summed E-state index contributed by atoms with van der Waals surface area (Å²) in [5.74, 6) is 0. The predicted molar refractivity (Wildman–Crippen MR) is 42.7 cm³/mol. The van der Waals surface area contributed by atoms with Crippen molar-refractivity contribution in [3.8, 4) is 0 Å². The molecular weight excluding hydrogens is 142 g/mol. The molecule has 0 heterocycles. The number of hydrogen-bond acceptors (Lipinski definition) is 3. The fraction of sp³-hybridized carbons (Fsp3) is 0.250. The lowest BCUT2D eigenvalue weighted by Gasteiger charge is -1.95. The second-order valence-corrected chi connectivity index (χ2v) is 2.23. The molecule has 0 aliphatic heterocycles. The summed E-state index contributed by atoms with van der Waals surface area (Å²) in [6.07, 6.45) is 0.624. The first-order valence-corrected chi connectivity index (χ1v) is 3.40. The minimum Gasteiger partial charge on any atom is -0.396 e. The molecule has 3 heteroatoms. The summed E-state index contributed by atoms with van der Waals surface area (Å²) < 4.78 is 0. The van der Waals surface area contributed by atoms with Crippen molar-refractivity contribution >= 4 is 5.69 Å². The average Bonchev–Trinajstić information content (AvgIpc) is 2.07. The SMILES string of the molecule is O=Nc1ccc(CCO)cc1. The van der Waals surface area contributed by atoms with E-state index < -0.39 is 0 Å². The van der Waals surface area contributed by atoms with Crippen molar-refractivity contribution in [3.05, 3.63) is 34.7 Å². The lowest BCUT2D eigenvalue weighted by atomic mass is 10.1. The van der Waals surface area contributed by atoms with Crippen molar-refractivity contribution < 1.29 is 5.11 Å². The molecule has 0 aromatic heterocycles. The van der Waals surface area contributed by atoms with E-state index in [9.17, 15) is 4.91 Å². The number of nitroso groups, excluding NO2 is 1. The molecule has 58 valence electrons. The maximum atomic E-state index is 9.98. The zero-order chi connectivity index (χ0) is 8.10. The number of nitrogens with zero attached hydrogens (tertiary/aromatic N) is 1. The fourth-order valence-electron chi connectivity index (χ4n) is 0.853. The highest BCUT2D eigenvalue weighted by molar-refractivity contribution is 5.38. The summed E-state index contributed by atoms with van der Waals surface area (Å²) in [4.78, 5) is 9.98. The summed E-state index contributed by atoms with van der Waals surface area (Å²) in [5.41, 5.74) is 1.44. The zero-order valence-electron chi connectivity index (χ0n) is 6.03. The summed E-state index contributed by atoms with van der Waals surface area (Å²) in [7, 11) is 0. The molecule has 0 unspecified atom stereocenters. The van der Waals surface area contributed by atoms with Gasteiger partial charge in [-0.1, -0.05) is 12.1 Å². The molecule has 0 aliphatic carbocycles. The van der Waals surface area contributed by atoms with Crippen LogP contribution in [0.25, 0.3) is 0 Å². The molecule has 1 N–H and O–H groups in total. The first-order chi connectivity index (χ1) is 5.36. The third kappa shape index (κ3) is 2.13. The highest BCUT2D eigenvalue weighted by atomic mass is 16.3. The van der Waals surface area contributed by atoms with E-state index >= 15 is 0 Å². The molecule has 0 saturated carbocycles. The van der Waals surface area contributed by atoms with E-state index in [1.165, 1.54) is 0 Å².